The maximum atomic E-state index is 11.0. The van der Waals surface area contributed by atoms with Crippen molar-refractivity contribution in [2.75, 3.05) is 31.2 Å². The largest absolute Gasteiger partial charge is 0.481 e. The number of Topliss-reactive ketones (excluding diaryl/α,β-unsaturated/α-hetero) is 4. The quantitative estimate of drug-likeness (QED) is 0.0578. The minimum absolute atomic E-state index is 0.152. The van der Waals surface area contributed by atoms with Crippen molar-refractivity contribution in [1.82, 2.24) is 5.32 Å². The van der Waals surface area contributed by atoms with Gasteiger partial charge in [-0.1, -0.05) is 103 Å². The van der Waals surface area contributed by atoms with Crippen molar-refractivity contribution in [3.8, 4) is 0 Å². The topological polar surface area (TPSA) is 207 Å². The molecule has 1 heterocycles. The summed E-state index contributed by atoms with van der Waals surface area (Å²) in [5.41, 5.74) is 5.50. The van der Waals surface area contributed by atoms with E-state index in [0.29, 0.717) is 73.8 Å². The van der Waals surface area contributed by atoms with Crippen molar-refractivity contribution >= 4 is 63.6 Å². The van der Waals surface area contributed by atoms with Gasteiger partial charge in [-0.25, -0.2) is 0 Å². The molecule has 5 N–H and O–H groups in total. The molecule has 5 aliphatic rings. The molecule has 366 valence electrons. The molecule has 4 aliphatic carbocycles. The van der Waals surface area contributed by atoms with Crippen molar-refractivity contribution in [2.45, 2.75) is 189 Å². The molecule has 4 saturated carbocycles. The van der Waals surface area contributed by atoms with Crippen LogP contribution in [0.2, 0.25) is 0 Å². The molecule has 63 heavy (non-hydrogen) atoms. The number of carbonyl (C=O) groups is 7. The van der Waals surface area contributed by atoms with Crippen LogP contribution in [0.25, 0.3) is 0 Å². The van der Waals surface area contributed by atoms with E-state index in [4.69, 9.17) is 15.9 Å². The smallest absolute Gasteiger partial charge is 0.309 e. The van der Waals surface area contributed by atoms with Gasteiger partial charge in [-0.3, -0.25) is 33.6 Å². The van der Waals surface area contributed by atoms with E-state index in [1.165, 1.54) is 45.6 Å². The highest BCUT2D eigenvalue weighted by molar-refractivity contribution is 14.1. The van der Waals surface area contributed by atoms with E-state index in [9.17, 15) is 33.6 Å². The summed E-state index contributed by atoms with van der Waals surface area (Å²) in [5.74, 6) is 5.22. The second-order valence-electron chi connectivity index (χ2n) is 19.2. The Kier molecular flexibility index (Phi) is 35.6. The molecule has 12 nitrogen and oxygen atoms in total. The molecule has 0 bridgehead atoms. The summed E-state index contributed by atoms with van der Waals surface area (Å²) in [7, 11) is 1.35. The number of alkyl halides is 1. The first-order valence-corrected chi connectivity index (χ1v) is 26.0. The lowest BCUT2D eigenvalue weighted by molar-refractivity contribution is -0.145. The van der Waals surface area contributed by atoms with E-state index in [-0.39, 0.29) is 48.4 Å². The Labute approximate surface area is 395 Å². The third kappa shape index (κ3) is 31.3. The number of aliphatic hydroxyl groups excluding tert-OH is 1. The van der Waals surface area contributed by atoms with Crippen LogP contribution in [0.4, 0.5) is 0 Å². The third-order valence-corrected chi connectivity index (χ3v) is 14.0. The Morgan fingerprint density at radius 1 is 0.698 bits per heavy atom. The first-order chi connectivity index (χ1) is 29.9. The molecule has 13 heteroatoms. The molecule has 1 saturated heterocycles. The number of aliphatic carboxylic acids is 1. The molecular weight excluding hydrogens is 915 g/mol. The molecule has 1 amide bonds. The Morgan fingerprint density at radius 3 is 1.49 bits per heavy atom. The number of ether oxygens (including phenoxy) is 1. The zero-order valence-electron chi connectivity index (χ0n) is 40.4. The number of carboxylic acids is 1. The van der Waals surface area contributed by atoms with Gasteiger partial charge >= 0.3 is 11.9 Å². The lowest BCUT2D eigenvalue weighted by Crippen LogP contribution is -2.20. The number of halogens is 1. The van der Waals surface area contributed by atoms with E-state index in [1.54, 1.807) is 0 Å². The van der Waals surface area contributed by atoms with E-state index >= 15 is 0 Å². The highest BCUT2D eigenvalue weighted by atomic mass is 127. The standard InChI is InChI=1S/C11H20O.C10H21NO2.C10H19NO.C7H10O3.C6H9IO.C6H10O2/c1-3-4-9(2)7-10-5-6-11(12)8-10;1-3-4-8(2)5-9(7-11)6-10(12)13;1-3-4-8(2)5-9-6-10(12)11-7-9;1-10-7(9)5-2-3-6(8)4-5;2*7-4-5-1-2-6(8)3-5/h9-10H,3-8H2,1-2H3;8-9H,3-7,11H2,1-2H3,(H,12,13);8-9H,3-7H2,1-2H3,(H,11,12);5H,2-4H2,1H3;5H,1-4H2;5,7H,1-4H2. The van der Waals surface area contributed by atoms with Crippen LogP contribution < -0.4 is 11.1 Å². The molecule has 0 aromatic carbocycles. The molecule has 1 aliphatic heterocycles. The van der Waals surface area contributed by atoms with E-state index < -0.39 is 5.97 Å². The maximum absolute atomic E-state index is 11.0. The minimum Gasteiger partial charge on any atom is -0.481 e. The van der Waals surface area contributed by atoms with Crippen molar-refractivity contribution in [1.29, 1.82) is 0 Å². The highest BCUT2D eigenvalue weighted by Crippen LogP contribution is 2.30. The number of amides is 1. The molecule has 9 atom stereocenters. The fraction of sp³-hybridized carbons (Fsp3) is 0.860. The summed E-state index contributed by atoms with van der Waals surface area (Å²) >= 11 is 2.35. The average Bonchev–Trinajstić information content (AvgIpc) is 4.10. The predicted octanol–water partition coefficient (Wildman–Crippen LogP) is 9.66. The lowest BCUT2D eigenvalue weighted by atomic mass is 9.90. The van der Waals surface area contributed by atoms with Crippen LogP contribution in [0.3, 0.4) is 0 Å². The number of rotatable bonds is 18. The number of ketones is 4. The maximum Gasteiger partial charge on any atom is 0.309 e. The number of hydrogen-bond donors (Lipinski definition) is 4. The molecule has 0 radical (unpaired) electrons. The fourth-order valence-electron chi connectivity index (χ4n) is 9.22. The Balaban J connectivity index is 0.000000738. The number of esters is 1. The van der Waals surface area contributed by atoms with E-state index in [2.05, 4.69) is 74.2 Å². The van der Waals surface area contributed by atoms with E-state index in [1.807, 2.05) is 0 Å². The van der Waals surface area contributed by atoms with Gasteiger partial charge in [0.15, 0.2) is 0 Å². The number of carbonyl (C=O) groups excluding carboxylic acids is 6. The zero-order valence-corrected chi connectivity index (χ0v) is 42.6. The number of carboxylic acid groups (broad SMARTS) is 1. The highest BCUT2D eigenvalue weighted by Gasteiger charge is 2.29. The van der Waals surface area contributed by atoms with Gasteiger partial charge in [0.2, 0.25) is 5.91 Å². The Hall–Kier alpha value is -2.26. The van der Waals surface area contributed by atoms with Crippen molar-refractivity contribution in [3.05, 3.63) is 0 Å². The van der Waals surface area contributed by atoms with Crippen LogP contribution in [0, 0.1) is 53.3 Å². The first kappa shape index (κ1) is 60.7. The van der Waals surface area contributed by atoms with Crippen molar-refractivity contribution < 1.29 is 48.5 Å². The summed E-state index contributed by atoms with van der Waals surface area (Å²) in [4.78, 5) is 74.9. The number of methoxy groups -OCH3 is 1. The molecule has 0 aromatic heterocycles. The summed E-state index contributed by atoms with van der Waals surface area (Å²) in [6.07, 6.45) is 21.4. The van der Waals surface area contributed by atoms with Gasteiger partial charge < -0.3 is 26.0 Å². The molecule has 0 aromatic rings. The minimum atomic E-state index is -0.737. The van der Waals surface area contributed by atoms with Gasteiger partial charge in [0.25, 0.3) is 0 Å². The van der Waals surface area contributed by atoms with Crippen LogP contribution in [0.1, 0.15) is 189 Å². The van der Waals surface area contributed by atoms with Crippen LogP contribution in [-0.2, 0) is 38.3 Å². The van der Waals surface area contributed by atoms with Gasteiger partial charge in [-0.2, -0.15) is 0 Å². The molecule has 5 rings (SSSR count). The molecule has 0 spiro atoms. The second kappa shape index (κ2) is 36.9. The van der Waals surface area contributed by atoms with Gasteiger partial charge in [-0.05, 0) is 98.8 Å². The van der Waals surface area contributed by atoms with Gasteiger partial charge in [0, 0.05) is 81.8 Å². The zero-order chi connectivity index (χ0) is 47.7. The fourth-order valence-corrected chi connectivity index (χ4v) is 9.98. The molecule has 5 fully saturated rings. The van der Waals surface area contributed by atoms with Gasteiger partial charge in [-0.15, -0.1) is 0 Å². The number of hydrogen-bond acceptors (Lipinski definition) is 10. The number of nitrogens with two attached hydrogens (primary N) is 1. The third-order valence-electron chi connectivity index (χ3n) is 12.7. The average molecular weight is 1010 g/mol. The summed E-state index contributed by atoms with van der Waals surface area (Å²) in [6.45, 7) is 14.9. The normalized spacial score (nSPS) is 24.3. The summed E-state index contributed by atoms with van der Waals surface area (Å²) in [6, 6.07) is 0. The van der Waals surface area contributed by atoms with Crippen LogP contribution >= 0.6 is 22.6 Å². The number of aliphatic hydroxyl groups is 1. The Morgan fingerprint density at radius 2 is 1.16 bits per heavy atom. The Bertz CT molecular complexity index is 1270. The van der Waals surface area contributed by atoms with E-state index in [0.717, 1.165) is 99.4 Å². The molecule has 9 unspecified atom stereocenters. The first-order valence-electron chi connectivity index (χ1n) is 24.4. The van der Waals surface area contributed by atoms with Crippen LogP contribution in [0.15, 0.2) is 0 Å². The molecular formula is C50H89IN2O10. The summed E-state index contributed by atoms with van der Waals surface area (Å²) in [5, 5.41) is 20.0. The van der Waals surface area contributed by atoms with Gasteiger partial charge in [0.1, 0.15) is 23.1 Å². The number of nitrogens with one attached hydrogen (secondary N) is 1. The van der Waals surface area contributed by atoms with Crippen LogP contribution in [0.5, 0.6) is 0 Å². The monoisotopic (exact) mass is 1000 g/mol. The predicted molar refractivity (Wildman–Crippen MR) is 259 cm³/mol. The van der Waals surface area contributed by atoms with Gasteiger partial charge in [0.05, 0.1) is 13.0 Å². The SMILES string of the molecule is CCCC(C)CC(CN)CC(=O)O.CCCC(C)CC1CCC(=O)C1.CCCC(C)CC1CNC(=O)C1.COC(=O)C1CCC(=O)C1.O=C1CCC(CI)C1.O=C1CCC(CO)C1. The summed E-state index contributed by atoms with van der Waals surface area (Å²) < 4.78 is 5.65. The lowest BCUT2D eigenvalue weighted by Gasteiger charge is -2.17. The van der Waals surface area contributed by atoms with Crippen molar-refractivity contribution in [3.63, 3.8) is 0 Å². The second-order valence-corrected chi connectivity index (χ2v) is 20.1. The van der Waals surface area contributed by atoms with Crippen molar-refractivity contribution in [2.24, 2.45) is 59.0 Å². The van der Waals surface area contributed by atoms with Crippen LogP contribution in [-0.4, -0.2) is 82.4 Å².